The van der Waals surface area contributed by atoms with Crippen LogP contribution in [0.4, 0.5) is 4.39 Å². The van der Waals surface area contributed by atoms with Crippen molar-refractivity contribution >= 4 is 29.9 Å². The smallest absolute Gasteiger partial charge is 0.191 e. The Balaban J connectivity index is 0.00000220. The van der Waals surface area contributed by atoms with Crippen LogP contribution in [0.5, 0.6) is 5.75 Å². The second kappa shape index (κ2) is 9.07. The lowest BCUT2D eigenvalue weighted by Crippen LogP contribution is -2.41. The highest BCUT2D eigenvalue weighted by Gasteiger charge is 2.13. The van der Waals surface area contributed by atoms with Crippen LogP contribution in [0, 0.1) is 5.82 Å². The van der Waals surface area contributed by atoms with E-state index in [4.69, 9.17) is 10.5 Å². The van der Waals surface area contributed by atoms with E-state index in [0.29, 0.717) is 12.5 Å². The molecule has 1 aromatic carbocycles. The molecule has 0 radical (unpaired) electrons. The maximum atomic E-state index is 13.4. The predicted octanol–water partition coefficient (Wildman–Crippen LogP) is 3.01. The Morgan fingerprint density at radius 1 is 1.33 bits per heavy atom. The molecule has 2 N–H and O–H groups in total. The van der Waals surface area contributed by atoms with E-state index in [1.165, 1.54) is 12.5 Å². The lowest BCUT2D eigenvalue weighted by molar-refractivity contribution is 0.219. The topological polar surface area (TPSA) is 50.8 Å². The van der Waals surface area contributed by atoms with Gasteiger partial charge in [0.2, 0.25) is 0 Å². The van der Waals surface area contributed by atoms with Crippen LogP contribution < -0.4 is 10.5 Å². The monoisotopic (exact) mass is 407 g/mol. The number of nitrogens with zero attached hydrogens (tertiary/aromatic N) is 2. The summed E-state index contributed by atoms with van der Waals surface area (Å²) < 4.78 is 19.0. The zero-order valence-corrected chi connectivity index (χ0v) is 14.6. The van der Waals surface area contributed by atoms with Gasteiger partial charge in [0, 0.05) is 13.1 Å². The number of ether oxygens (including phenoxy) is 1. The number of piperidine rings is 1. The average Bonchev–Trinajstić information content (AvgIpc) is 2.48. The Morgan fingerprint density at radius 2 is 2.00 bits per heavy atom. The summed E-state index contributed by atoms with van der Waals surface area (Å²) in [6.07, 6.45) is 3.38. The normalized spacial score (nSPS) is 17.0. The molecule has 1 heterocycles. The standard InChI is InChI=1S/C15H22FN3O.HI/c1-12(20-14-8-4-3-7-13(14)16)11-18-15(17)19-9-5-2-6-10-19;/h3-4,7-8,12H,2,5-6,9-11H2,1H3,(H2,17,18);1H. The van der Waals surface area contributed by atoms with Gasteiger partial charge < -0.3 is 15.4 Å². The van der Waals surface area contributed by atoms with Crippen molar-refractivity contribution in [1.29, 1.82) is 0 Å². The summed E-state index contributed by atoms with van der Waals surface area (Å²) >= 11 is 0. The SMILES string of the molecule is CC(CN=C(N)N1CCCCC1)Oc1ccccc1F.I. The van der Waals surface area contributed by atoms with Crippen LogP contribution in [0.2, 0.25) is 0 Å². The van der Waals surface area contributed by atoms with Crippen LogP contribution in [-0.4, -0.2) is 36.6 Å². The van der Waals surface area contributed by atoms with Gasteiger partial charge in [0.15, 0.2) is 17.5 Å². The Bertz CT molecular complexity index is 464. The highest BCUT2D eigenvalue weighted by atomic mass is 127. The fraction of sp³-hybridized carbons (Fsp3) is 0.533. The van der Waals surface area contributed by atoms with E-state index in [0.717, 1.165) is 25.9 Å². The van der Waals surface area contributed by atoms with Gasteiger partial charge >= 0.3 is 0 Å². The minimum Gasteiger partial charge on any atom is -0.486 e. The van der Waals surface area contributed by atoms with Crippen LogP contribution in [0.3, 0.4) is 0 Å². The highest BCUT2D eigenvalue weighted by Crippen LogP contribution is 2.17. The molecule has 21 heavy (non-hydrogen) atoms. The number of benzene rings is 1. The van der Waals surface area contributed by atoms with Crippen LogP contribution in [0.25, 0.3) is 0 Å². The summed E-state index contributed by atoms with van der Waals surface area (Å²) in [6, 6.07) is 6.38. The van der Waals surface area contributed by atoms with E-state index in [9.17, 15) is 4.39 Å². The zero-order valence-electron chi connectivity index (χ0n) is 12.3. The molecule has 1 fully saturated rings. The zero-order chi connectivity index (χ0) is 14.4. The molecule has 1 unspecified atom stereocenters. The van der Waals surface area contributed by atoms with Gasteiger partial charge in [-0.25, -0.2) is 9.38 Å². The number of aliphatic imine (C=N–C) groups is 1. The third kappa shape index (κ3) is 5.68. The minimum atomic E-state index is -0.354. The van der Waals surface area contributed by atoms with E-state index >= 15 is 0 Å². The van der Waals surface area contributed by atoms with Crippen molar-refractivity contribution < 1.29 is 9.13 Å². The molecule has 0 spiro atoms. The molecule has 0 aliphatic carbocycles. The van der Waals surface area contributed by atoms with Crippen LogP contribution in [0.1, 0.15) is 26.2 Å². The van der Waals surface area contributed by atoms with Gasteiger partial charge in [-0.2, -0.15) is 0 Å². The molecule has 6 heteroatoms. The number of para-hydroxylation sites is 1. The molecule has 0 saturated carbocycles. The molecule has 118 valence electrons. The van der Waals surface area contributed by atoms with Gasteiger partial charge in [-0.05, 0) is 38.3 Å². The number of hydrogen-bond acceptors (Lipinski definition) is 2. The van der Waals surface area contributed by atoms with Gasteiger partial charge in [-0.15, -0.1) is 24.0 Å². The third-order valence-electron chi connectivity index (χ3n) is 3.36. The quantitative estimate of drug-likeness (QED) is 0.474. The van der Waals surface area contributed by atoms with Gasteiger partial charge in [-0.1, -0.05) is 12.1 Å². The van der Waals surface area contributed by atoms with E-state index in [1.54, 1.807) is 18.2 Å². The largest absolute Gasteiger partial charge is 0.486 e. The van der Waals surface area contributed by atoms with Crippen molar-refractivity contribution in [1.82, 2.24) is 4.90 Å². The lowest BCUT2D eigenvalue weighted by atomic mass is 10.1. The maximum Gasteiger partial charge on any atom is 0.191 e. The van der Waals surface area contributed by atoms with E-state index in [2.05, 4.69) is 9.89 Å². The molecule has 1 atom stereocenters. The molecule has 4 nitrogen and oxygen atoms in total. The van der Waals surface area contributed by atoms with E-state index in [-0.39, 0.29) is 41.6 Å². The Labute approximate surface area is 142 Å². The van der Waals surface area contributed by atoms with Gasteiger partial charge in [0.05, 0.1) is 6.54 Å². The number of likely N-dealkylation sites (tertiary alicyclic amines) is 1. The Morgan fingerprint density at radius 3 is 2.67 bits per heavy atom. The summed E-state index contributed by atoms with van der Waals surface area (Å²) in [4.78, 5) is 6.44. The van der Waals surface area contributed by atoms with Crippen LogP contribution >= 0.6 is 24.0 Å². The molecule has 1 aromatic rings. The van der Waals surface area contributed by atoms with E-state index in [1.807, 2.05) is 6.92 Å². The van der Waals surface area contributed by atoms with Crippen molar-refractivity contribution in [3.63, 3.8) is 0 Å². The number of guanidine groups is 1. The summed E-state index contributed by atoms with van der Waals surface area (Å²) in [5, 5.41) is 0. The number of rotatable bonds is 4. The first-order chi connectivity index (χ1) is 9.66. The first kappa shape index (κ1) is 18.0. The average molecular weight is 407 g/mol. The first-order valence-electron chi connectivity index (χ1n) is 7.13. The van der Waals surface area contributed by atoms with Gasteiger partial charge in [0.1, 0.15) is 6.10 Å². The van der Waals surface area contributed by atoms with Crippen molar-refractivity contribution in [2.24, 2.45) is 10.7 Å². The summed E-state index contributed by atoms with van der Waals surface area (Å²) in [6.45, 7) is 4.23. The number of nitrogens with two attached hydrogens (primary N) is 1. The van der Waals surface area contributed by atoms with Gasteiger partial charge in [-0.3, -0.25) is 0 Å². The lowest BCUT2D eigenvalue weighted by Gasteiger charge is -2.27. The summed E-state index contributed by atoms with van der Waals surface area (Å²) in [5.41, 5.74) is 5.97. The second-order valence-corrected chi connectivity index (χ2v) is 5.11. The molecular formula is C15H23FIN3O. The number of halogens is 2. The molecule has 1 aliphatic rings. The fourth-order valence-corrected chi connectivity index (χ4v) is 2.24. The molecule has 2 rings (SSSR count). The Hall–Kier alpha value is -1.05. The van der Waals surface area contributed by atoms with Crippen molar-refractivity contribution in [3.8, 4) is 5.75 Å². The summed E-state index contributed by atoms with van der Waals surface area (Å²) in [7, 11) is 0. The molecule has 0 bridgehead atoms. The molecule has 0 aromatic heterocycles. The van der Waals surface area contributed by atoms with Crippen LogP contribution in [-0.2, 0) is 0 Å². The van der Waals surface area contributed by atoms with Crippen molar-refractivity contribution in [3.05, 3.63) is 30.1 Å². The fourth-order valence-electron chi connectivity index (χ4n) is 2.24. The molecular weight excluding hydrogens is 384 g/mol. The van der Waals surface area contributed by atoms with Crippen molar-refractivity contribution in [2.75, 3.05) is 19.6 Å². The summed E-state index contributed by atoms with van der Waals surface area (Å²) in [5.74, 6) is 0.466. The molecule has 1 saturated heterocycles. The first-order valence-corrected chi connectivity index (χ1v) is 7.13. The predicted molar refractivity (Wildman–Crippen MR) is 93.8 cm³/mol. The van der Waals surface area contributed by atoms with Gasteiger partial charge in [0.25, 0.3) is 0 Å². The van der Waals surface area contributed by atoms with E-state index < -0.39 is 0 Å². The maximum absolute atomic E-state index is 13.4. The molecule has 1 aliphatic heterocycles. The van der Waals surface area contributed by atoms with Crippen LogP contribution in [0.15, 0.2) is 29.3 Å². The minimum absolute atomic E-state index is 0. The second-order valence-electron chi connectivity index (χ2n) is 5.11. The highest BCUT2D eigenvalue weighted by molar-refractivity contribution is 14.0. The number of hydrogen-bond donors (Lipinski definition) is 1. The Kier molecular flexibility index (Phi) is 7.77. The van der Waals surface area contributed by atoms with Crippen molar-refractivity contribution in [2.45, 2.75) is 32.3 Å². The molecule has 0 amide bonds. The third-order valence-corrected chi connectivity index (χ3v) is 3.36.